The lowest BCUT2D eigenvalue weighted by Crippen LogP contribution is -2.39. The van der Waals surface area contributed by atoms with Crippen LogP contribution in [0.3, 0.4) is 0 Å². The van der Waals surface area contributed by atoms with Crippen molar-refractivity contribution in [3.05, 3.63) is 89.5 Å². The van der Waals surface area contributed by atoms with Gasteiger partial charge in [-0.1, -0.05) is 42.5 Å². The van der Waals surface area contributed by atoms with Crippen molar-refractivity contribution in [3.63, 3.8) is 0 Å². The molecule has 0 aliphatic rings. The number of rotatable bonds is 11. The van der Waals surface area contributed by atoms with Crippen molar-refractivity contribution < 1.29 is 22.7 Å². The van der Waals surface area contributed by atoms with Crippen LogP contribution in [0.1, 0.15) is 23.6 Å². The SMILES string of the molecule is CCOc1ccccc1C=NNC(=O)CN(Cc1ccccc1)S(=O)(=O)c1ccc(OC)c(C)c1. The molecule has 0 saturated carbocycles. The third kappa shape index (κ3) is 6.91. The predicted molar refractivity (Wildman–Crippen MR) is 135 cm³/mol. The first-order valence-electron chi connectivity index (χ1n) is 11.1. The highest BCUT2D eigenvalue weighted by atomic mass is 32.2. The average Bonchev–Trinajstić information content (AvgIpc) is 2.85. The smallest absolute Gasteiger partial charge is 0.255 e. The van der Waals surface area contributed by atoms with Crippen LogP contribution in [0.15, 0.2) is 82.8 Å². The van der Waals surface area contributed by atoms with E-state index in [1.165, 1.54) is 25.5 Å². The van der Waals surface area contributed by atoms with Gasteiger partial charge in [0.25, 0.3) is 5.91 Å². The number of sulfonamides is 1. The molecule has 3 aromatic rings. The van der Waals surface area contributed by atoms with Gasteiger partial charge in [0.1, 0.15) is 11.5 Å². The molecule has 0 spiro atoms. The molecule has 0 bridgehead atoms. The number of ether oxygens (including phenoxy) is 2. The lowest BCUT2D eigenvalue weighted by molar-refractivity contribution is -0.121. The Hall–Kier alpha value is -3.69. The van der Waals surface area contributed by atoms with Gasteiger partial charge in [-0.15, -0.1) is 0 Å². The summed E-state index contributed by atoms with van der Waals surface area (Å²) in [5.41, 5.74) is 4.54. The Labute approximate surface area is 206 Å². The van der Waals surface area contributed by atoms with Crippen LogP contribution in [-0.4, -0.2) is 45.1 Å². The molecule has 9 heteroatoms. The molecule has 0 aromatic heterocycles. The van der Waals surface area contributed by atoms with Crippen LogP contribution >= 0.6 is 0 Å². The fourth-order valence-electron chi connectivity index (χ4n) is 3.42. The lowest BCUT2D eigenvalue weighted by atomic mass is 10.2. The topological polar surface area (TPSA) is 97.3 Å². The number of carbonyl (C=O) groups excluding carboxylic acids is 1. The standard InChI is InChI=1S/C26H29N3O5S/c1-4-34-25-13-9-8-12-22(25)17-27-28-26(30)19-29(18-21-10-6-5-7-11-21)35(31,32)23-14-15-24(33-3)20(2)16-23/h5-17H,4,18-19H2,1-3H3,(H,28,30). The zero-order chi connectivity index (χ0) is 25.3. The minimum Gasteiger partial charge on any atom is -0.496 e. The minimum atomic E-state index is -3.99. The Kier molecular flexibility index (Phi) is 8.99. The van der Waals surface area contributed by atoms with Gasteiger partial charge in [-0.05, 0) is 55.3 Å². The Bertz CT molecular complexity index is 1280. The van der Waals surface area contributed by atoms with Crippen LogP contribution in [0.2, 0.25) is 0 Å². The van der Waals surface area contributed by atoms with E-state index < -0.39 is 22.5 Å². The maximum Gasteiger partial charge on any atom is 0.255 e. The van der Waals surface area contributed by atoms with Crippen molar-refractivity contribution in [2.75, 3.05) is 20.3 Å². The van der Waals surface area contributed by atoms with Gasteiger partial charge in [0.2, 0.25) is 10.0 Å². The van der Waals surface area contributed by atoms with Crippen LogP contribution in [0.5, 0.6) is 11.5 Å². The summed E-state index contributed by atoms with van der Waals surface area (Å²) < 4.78 is 38.9. The zero-order valence-electron chi connectivity index (χ0n) is 20.0. The number of amides is 1. The molecule has 35 heavy (non-hydrogen) atoms. The molecular weight excluding hydrogens is 466 g/mol. The molecule has 0 unspecified atom stereocenters. The average molecular weight is 496 g/mol. The van der Waals surface area contributed by atoms with Crippen LogP contribution in [0.4, 0.5) is 0 Å². The number of benzene rings is 3. The molecule has 0 fully saturated rings. The first-order valence-corrected chi connectivity index (χ1v) is 12.5. The van der Waals surface area contributed by atoms with Gasteiger partial charge in [-0.25, -0.2) is 13.8 Å². The molecule has 184 valence electrons. The first-order chi connectivity index (χ1) is 16.8. The van der Waals surface area contributed by atoms with E-state index >= 15 is 0 Å². The number of methoxy groups -OCH3 is 1. The molecule has 0 radical (unpaired) electrons. The summed E-state index contributed by atoms with van der Waals surface area (Å²) in [5, 5.41) is 3.99. The first kappa shape index (κ1) is 25.9. The maximum absolute atomic E-state index is 13.5. The van der Waals surface area contributed by atoms with Gasteiger partial charge in [-0.2, -0.15) is 9.41 Å². The number of hydrazone groups is 1. The second-order valence-electron chi connectivity index (χ2n) is 7.65. The third-order valence-electron chi connectivity index (χ3n) is 5.14. The minimum absolute atomic E-state index is 0.0263. The van der Waals surface area contributed by atoms with E-state index in [4.69, 9.17) is 9.47 Å². The van der Waals surface area contributed by atoms with Crippen LogP contribution in [0, 0.1) is 6.92 Å². The number of nitrogens with one attached hydrogen (secondary N) is 1. The van der Waals surface area contributed by atoms with E-state index in [0.29, 0.717) is 29.2 Å². The highest BCUT2D eigenvalue weighted by Gasteiger charge is 2.27. The Balaban J connectivity index is 1.81. The number of para-hydroxylation sites is 1. The van der Waals surface area contributed by atoms with Crippen molar-refractivity contribution >= 4 is 22.1 Å². The van der Waals surface area contributed by atoms with E-state index in [0.717, 1.165) is 9.87 Å². The Morgan fingerprint density at radius 1 is 1.03 bits per heavy atom. The Morgan fingerprint density at radius 2 is 1.74 bits per heavy atom. The molecule has 0 saturated heterocycles. The number of carbonyl (C=O) groups is 1. The fraction of sp³-hybridized carbons (Fsp3) is 0.231. The van der Waals surface area contributed by atoms with E-state index in [2.05, 4.69) is 10.5 Å². The van der Waals surface area contributed by atoms with Crippen molar-refractivity contribution in [1.82, 2.24) is 9.73 Å². The van der Waals surface area contributed by atoms with E-state index in [-0.39, 0.29) is 11.4 Å². The number of hydrogen-bond acceptors (Lipinski definition) is 6. The molecule has 1 N–H and O–H groups in total. The largest absolute Gasteiger partial charge is 0.496 e. The van der Waals surface area contributed by atoms with Crippen LogP contribution < -0.4 is 14.9 Å². The van der Waals surface area contributed by atoms with Crippen LogP contribution in [0.25, 0.3) is 0 Å². The van der Waals surface area contributed by atoms with E-state index in [1.807, 2.05) is 49.4 Å². The highest BCUT2D eigenvalue weighted by Crippen LogP contribution is 2.25. The van der Waals surface area contributed by atoms with Crippen LogP contribution in [-0.2, 0) is 21.4 Å². The second-order valence-corrected chi connectivity index (χ2v) is 9.59. The second kappa shape index (κ2) is 12.1. The molecule has 3 aromatic carbocycles. The van der Waals surface area contributed by atoms with Gasteiger partial charge in [-0.3, -0.25) is 4.79 Å². The normalized spacial score (nSPS) is 11.5. The molecule has 0 aliphatic carbocycles. The third-order valence-corrected chi connectivity index (χ3v) is 6.93. The Morgan fingerprint density at radius 3 is 2.43 bits per heavy atom. The molecule has 0 atom stereocenters. The van der Waals surface area contributed by atoms with Gasteiger partial charge < -0.3 is 9.47 Å². The number of hydrogen-bond donors (Lipinski definition) is 1. The van der Waals surface area contributed by atoms with Gasteiger partial charge in [0, 0.05) is 12.1 Å². The summed E-state index contributed by atoms with van der Waals surface area (Å²) in [6.45, 7) is 3.75. The number of aryl methyl sites for hydroxylation is 1. The molecule has 1 amide bonds. The predicted octanol–water partition coefficient (Wildman–Crippen LogP) is 3.74. The molecule has 0 aliphatic heterocycles. The summed E-state index contributed by atoms with van der Waals surface area (Å²) in [6.07, 6.45) is 1.46. The quantitative estimate of drug-likeness (QED) is 0.323. The van der Waals surface area contributed by atoms with Gasteiger partial charge in [0.05, 0.1) is 31.4 Å². The van der Waals surface area contributed by atoms with E-state index in [9.17, 15) is 13.2 Å². The summed E-state index contributed by atoms with van der Waals surface area (Å²) in [6, 6.07) is 21.0. The summed E-state index contributed by atoms with van der Waals surface area (Å²) in [5.74, 6) is 0.647. The summed E-state index contributed by atoms with van der Waals surface area (Å²) in [4.78, 5) is 12.8. The lowest BCUT2D eigenvalue weighted by Gasteiger charge is -2.22. The molecule has 3 rings (SSSR count). The number of nitrogens with zero attached hydrogens (tertiary/aromatic N) is 2. The molecule has 0 heterocycles. The monoisotopic (exact) mass is 495 g/mol. The van der Waals surface area contributed by atoms with Gasteiger partial charge >= 0.3 is 0 Å². The molecular formula is C26H29N3O5S. The maximum atomic E-state index is 13.5. The van der Waals surface area contributed by atoms with Gasteiger partial charge in [0.15, 0.2) is 0 Å². The van der Waals surface area contributed by atoms with Crippen molar-refractivity contribution in [2.45, 2.75) is 25.3 Å². The van der Waals surface area contributed by atoms with Crippen molar-refractivity contribution in [3.8, 4) is 11.5 Å². The summed E-state index contributed by atoms with van der Waals surface area (Å²) in [7, 11) is -2.46. The summed E-state index contributed by atoms with van der Waals surface area (Å²) >= 11 is 0. The highest BCUT2D eigenvalue weighted by molar-refractivity contribution is 7.89. The van der Waals surface area contributed by atoms with E-state index in [1.54, 1.807) is 25.1 Å². The molecule has 8 nitrogen and oxygen atoms in total. The zero-order valence-corrected chi connectivity index (χ0v) is 20.8. The van der Waals surface area contributed by atoms with Crippen molar-refractivity contribution in [2.24, 2.45) is 5.10 Å². The van der Waals surface area contributed by atoms with Crippen molar-refractivity contribution in [1.29, 1.82) is 0 Å². The fourth-order valence-corrected chi connectivity index (χ4v) is 4.89.